The van der Waals surface area contributed by atoms with E-state index in [9.17, 15) is 0 Å². The Morgan fingerprint density at radius 2 is 1.43 bits per heavy atom. The fourth-order valence-electron chi connectivity index (χ4n) is 6.64. The van der Waals surface area contributed by atoms with Gasteiger partial charge in [0.1, 0.15) is 11.4 Å². The smallest absolute Gasteiger partial charge is 0.234 e. The van der Waals surface area contributed by atoms with Gasteiger partial charge < -0.3 is 0 Å². The maximum atomic E-state index is 5.38. The molecule has 4 aromatic rings. The lowest BCUT2D eigenvalue weighted by atomic mass is 9.64. The fraction of sp³-hybridized carbons (Fsp3) is 0.333. The molecule has 1 atom stereocenters. The third kappa shape index (κ3) is 3.71. The number of rotatable bonds is 4. The minimum Gasteiger partial charge on any atom is -0.234 e. The number of benzene rings is 3. The maximum Gasteiger partial charge on any atom is 0.239 e. The van der Waals surface area contributed by atoms with Crippen LogP contribution in [0, 0.1) is 27.7 Å². The first-order chi connectivity index (χ1) is 16.8. The summed E-state index contributed by atoms with van der Waals surface area (Å²) in [5, 5.41) is 0. The Bertz CT molecular complexity index is 1390. The highest BCUT2D eigenvalue weighted by molar-refractivity contribution is 5.82. The van der Waals surface area contributed by atoms with E-state index in [4.69, 9.17) is 4.98 Å². The largest absolute Gasteiger partial charge is 0.239 e. The Kier molecular flexibility index (Phi) is 5.87. The van der Waals surface area contributed by atoms with Crippen LogP contribution in [0.2, 0.25) is 0 Å². The average Bonchev–Trinajstić information content (AvgIpc) is 2.84. The molecule has 0 bridgehead atoms. The maximum absolute atomic E-state index is 5.38. The summed E-state index contributed by atoms with van der Waals surface area (Å²) < 4.78 is 2.55. The third-order valence-electron chi connectivity index (χ3n) is 8.25. The zero-order valence-electron chi connectivity index (χ0n) is 22.2. The van der Waals surface area contributed by atoms with Crippen LogP contribution >= 0.6 is 0 Å². The molecule has 1 aliphatic rings. The van der Waals surface area contributed by atoms with E-state index in [-0.39, 0.29) is 5.41 Å². The molecule has 1 unspecified atom stereocenters. The van der Waals surface area contributed by atoms with Crippen molar-refractivity contribution < 1.29 is 4.57 Å². The predicted molar refractivity (Wildman–Crippen MR) is 147 cm³/mol. The van der Waals surface area contributed by atoms with Crippen LogP contribution in [-0.4, -0.2) is 4.98 Å². The Hall–Kier alpha value is -3.26. The van der Waals surface area contributed by atoms with Crippen molar-refractivity contribution in [2.75, 3.05) is 0 Å². The monoisotopic (exact) mass is 461 g/mol. The molecule has 1 aromatic heterocycles. The molecule has 35 heavy (non-hydrogen) atoms. The van der Waals surface area contributed by atoms with Crippen molar-refractivity contribution in [2.24, 2.45) is 0 Å². The van der Waals surface area contributed by atoms with Crippen LogP contribution in [0.1, 0.15) is 67.5 Å². The number of hydrogen-bond acceptors (Lipinski definition) is 1. The minimum absolute atomic E-state index is 0.0832. The Balaban J connectivity index is 1.95. The van der Waals surface area contributed by atoms with Crippen molar-refractivity contribution in [3.63, 3.8) is 0 Å². The zero-order chi connectivity index (χ0) is 24.9. The summed E-state index contributed by atoms with van der Waals surface area (Å²) in [5.41, 5.74) is 13.9. The van der Waals surface area contributed by atoms with Gasteiger partial charge in [0.25, 0.3) is 0 Å². The van der Waals surface area contributed by atoms with Crippen molar-refractivity contribution in [1.29, 1.82) is 0 Å². The third-order valence-corrected chi connectivity index (χ3v) is 8.25. The summed E-state index contributed by atoms with van der Waals surface area (Å²) in [4.78, 5) is 5.38. The van der Waals surface area contributed by atoms with Gasteiger partial charge in [-0.1, -0.05) is 73.0 Å². The number of hydrogen-bond donors (Lipinski definition) is 0. The molecule has 2 heteroatoms. The van der Waals surface area contributed by atoms with Gasteiger partial charge >= 0.3 is 0 Å². The van der Waals surface area contributed by atoms with E-state index in [1.54, 1.807) is 0 Å². The molecule has 0 spiro atoms. The zero-order valence-corrected chi connectivity index (χ0v) is 22.2. The molecule has 2 heterocycles. The second-order valence-corrected chi connectivity index (χ2v) is 10.5. The fourth-order valence-corrected chi connectivity index (χ4v) is 6.64. The number of fused-ring (bicyclic) bond motifs is 3. The van der Waals surface area contributed by atoms with Crippen LogP contribution in [0.4, 0.5) is 0 Å². The lowest BCUT2D eigenvalue weighted by Gasteiger charge is -2.41. The lowest BCUT2D eigenvalue weighted by Crippen LogP contribution is -2.55. The minimum atomic E-state index is 0.0832. The van der Waals surface area contributed by atoms with E-state index >= 15 is 0 Å². The summed E-state index contributed by atoms with van der Waals surface area (Å²) in [6, 6.07) is 22.5. The van der Waals surface area contributed by atoms with Crippen LogP contribution in [0.25, 0.3) is 33.8 Å². The number of aromatic nitrogens is 2. The van der Waals surface area contributed by atoms with Crippen LogP contribution in [0.3, 0.4) is 0 Å². The van der Waals surface area contributed by atoms with E-state index in [0.717, 1.165) is 29.8 Å². The first-order valence-electron chi connectivity index (χ1n) is 13.0. The van der Waals surface area contributed by atoms with Gasteiger partial charge in [0, 0.05) is 11.1 Å². The van der Waals surface area contributed by atoms with Gasteiger partial charge in [-0.2, -0.15) is 4.57 Å². The molecule has 0 saturated carbocycles. The van der Waals surface area contributed by atoms with Gasteiger partial charge in [-0.3, -0.25) is 0 Å². The molecule has 3 aromatic carbocycles. The predicted octanol–water partition coefficient (Wildman–Crippen LogP) is 8.24. The molecule has 0 saturated heterocycles. The van der Waals surface area contributed by atoms with Crippen molar-refractivity contribution in [3.8, 4) is 33.8 Å². The van der Waals surface area contributed by atoms with Crippen molar-refractivity contribution >= 4 is 0 Å². The highest BCUT2D eigenvalue weighted by Gasteiger charge is 2.50. The Labute approximate surface area is 210 Å². The summed E-state index contributed by atoms with van der Waals surface area (Å²) in [6.07, 6.45) is 4.52. The average molecular weight is 462 g/mol. The normalized spacial score (nSPS) is 16.0. The molecule has 0 fully saturated rings. The van der Waals surface area contributed by atoms with Gasteiger partial charge in [0.15, 0.2) is 12.2 Å². The lowest BCUT2D eigenvalue weighted by molar-refractivity contribution is -0.721. The molecule has 0 radical (unpaired) electrons. The van der Waals surface area contributed by atoms with Crippen LogP contribution < -0.4 is 4.57 Å². The standard InChI is InChI=1S/C33H37N2/c1-8-33(9-2)25(7)35-20-29(26-13-11-10-12-14-26)34-31(27-17-21(3)15-22(4)18-27)32(35)28-19-23(5)16-24(6)30(28)33/h10-20,25H,8-9H2,1-7H3/q+1. The first-order valence-corrected chi connectivity index (χ1v) is 13.0. The second kappa shape index (κ2) is 8.75. The SMILES string of the molecule is CCC1(CC)c2c(C)cc(C)cc2-c2c(-c3cc(C)cc(C)c3)nc(-c3ccccc3)c[n+]2C1C. The van der Waals surface area contributed by atoms with Crippen molar-refractivity contribution in [1.82, 2.24) is 4.98 Å². The highest BCUT2D eigenvalue weighted by Crippen LogP contribution is 2.50. The first kappa shape index (κ1) is 23.5. The summed E-state index contributed by atoms with van der Waals surface area (Å²) in [6.45, 7) is 16.0. The summed E-state index contributed by atoms with van der Waals surface area (Å²) in [5.74, 6) is 0. The molecule has 0 N–H and O–H groups in total. The Morgan fingerprint density at radius 1 is 0.800 bits per heavy atom. The molecular formula is C33H37N2+. The van der Waals surface area contributed by atoms with Gasteiger partial charge in [0.2, 0.25) is 5.69 Å². The number of nitrogens with zero attached hydrogens (tertiary/aromatic N) is 2. The summed E-state index contributed by atoms with van der Waals surface area (Å²) >= 11 is 0. The van der Waals surface area contributed by atoms with Crippen LogP contribution in [0.5, 0.6) is 0 Å². The molecule has 0 amide bonds. The molecule has 2 nitrogen and oxygen atoms in total. The molecule has 5 rings (SSSR count). The highest BCUT2D eigenvalue weighted by atomic mass is 15.1. The number of aryl methyl sites for hydroxylation is 4. The van der Waals surface area contributed by atoms with Gasteiger partial charge in [-0.15, -0.1) is 0 Å². The molecule has 0 aliphatic carbocycles. The quantitative estimate of drug-likeness (QED) is 0.280. The van der Waals surface area contributed by atoms with Crippen molar-refractivity contribution in [3.05, 3.63) is 94.7 Å². The van der Waals surface area contributed by atoms with E-state index in [2.05, 4.69) is 120 Å². The van der Waals surface area contributed by atoms with E-state index in [1.807, 2.05) is 0 Å². The van der Waals surface area contributed by atoms with E-state index in [0.29, 0.717) is 6.04 Å². The second-order valence-electron chi connectivity index (χ2n) is 10.5. The van der Waals surface area contributed by atoms with Gasteiger partial charge in [-0.25, -0.2) is 4.98 Å². The van der Waals surface area contributed by atoms with Gasteiger partial charge in [-0.05, 0) is 76.8 Å². The van der Waals surface area contributed by atoms with E-state index in [1.165, 1.54) is 44.6 Å². The Morgan fingerprint density at radius 3 is 2.06 bits per heavy atom. The molecular weight excluding hydrogens is 424 g/mol. The van der Waals surface area contributed by atoms with Crippen LogP contribution in [0.15, 0.2) is 66.9 Å². The van der Waals surface area contributed by atoms with Crippen LogP contribution in [-0.2, 0) is 5.41 Å². The topological polar surface area (TPSA) is 16.8 Å². The van der Waals surface area contributed by atoms with Crippen molar-refractivity contribution in [2.45, 2.75) is 72.8 Å². The van der Waals surface area contributed by atoms with E-state index < -0.39 is 0 Å². The van der Waals surface area contributed by atoms with Gasteiger partial charge in [0.05, 0.1) is 11.0 Å². The molecule has 1 aliphatic heterocycles. The summed E-state index contributed by atoms with van der Waals surface area (Å²) in [7, 11) is 0. The molecule has 178 valence electrons.